The standard InChI is InChI=1S/C15H19N3O2/c1-10-11(2)20-15(18-10)9-17-14(19)7-12-5-3-4-6-13(12)8-16/h3-6H,7-9,16H2,1-2H3,(H,17,19). The highest BCUT2D eigenvalue weighted by Crippen LogP contribution is 2.10. The quantitative estimate of drug-likeness (QED) is 0.867. The third kappa shape index (κ3) is 3.45. The van der Waals surface area contributed by atoms with Crippen molar-refractivity contribution in [3.8, 4) is 0 Å². The molecule has 0 saturated carbocycles. The Morgan fingerprint density at radius 1 is 1.30 bits per heavy atom. The number of carbonyl (C=O) groups excluding carboxylic acids is 1. The molecule has 1 amide bonds. The van der Waals surface area contributed by atoms with Crippen LogP contribution in [0.5, 0.6) is 0 Å². The molecule has 0 bridgehead atoms. The van der Waals surface area contributed by atoms with E-state index in [-0.39, 0.29) is 5.91 Å². The van der Waals surface area contributed by atoms with Crippen molar-refractivity contribution in [1.82, 2.24) is 10.3 Å². The lowest BCUT2D eigenvalue weighted by Crippen LogP contribution is -2.25. The van der Waals surface area contributed by atoms with E-state index in [4.69, 9.17) is 10.2 Å². The van der Waals surface area contributed by atoms with E-state index >= 15 is 0 Å². The molecular formula is C15H19N3O2. The van der Waals surface area contributed by atoms with E-state index < -0.39 is 0 Å². The summed E-state index contributed by atoms with van der Waals surface area (Å²) in [4.78, 5) is 16.1. The second-order valence-corrected chi connectivity index (χ2v) is 4.68. The van der Waals surface area contributed by atoms with Gasteiger partial charge in [-0.25, -0.2) is 4.98 Å². The smallest absolute Gasteiger partial charge is 0.224 e. The molecule has 1 heterocycles. The summed E-state index contributed by atoms with van der Waals surface area (Å²) in [6, 6.07) is 7.68. The number of rotatable bonds is 5. The minimum absolute atomic E-state index is 0.0700. The van der Waals surface area contributed by atoms with Gasteiger partial charge in [0.1, 0.15) is 5.76 Å². The van der Waals surface area contributed by atoms with E-state index in [1.807, 2.05) is 38.1 Å². The SMILES string of the molecule is Cc1nc(CNC(=O)Cc2ccccc2CN)oc1C. The number of nitrogens with two attached hydrogens (primary N) is 1. The van der Waals surface area contributed by atoms with Crippen molar-refractivity contribution in [2.24, 2.45) is 5.73 Å². The summed E-state index contributed by atoms with van der Waals surface area (Å²) in [6.07, 6.45) is 0.312. The van der Waals surface area contributed by atoms with E-state index in [9.17, 15) is 4.79 Å². The van der Waals surface area contributed by atoms with Crippen molar-refractivity contribution in [3.63, 3.8) is 0 Å². The summed E-state index contributed by atoms with van der Waals surface area (Å²) in [6.45, 7) is 4.46. The predicted molar refractivity (Wildman–Crippen MR) is 75.9 cm³/mol. The zero-order valence-corrected chi connectivity index (χ0v) is 11.8. The van der Waals surface area contributed by atoms with Gasteiger partial charge in [0.25, 0.3) is 0 Å². The molecule has 0 unspecified atom stereocenters. The van der Waals surface area contributed by atoms with Crippen LogP contribution >= 0.6 is 0 Å². The minimum Gasteiger partial charge on any atom is -0.444 e. The van der Waals surface area contributed by atoms with E-state index in [2.05, 4.69) is 10.3 Å². The second-order valence-electron chi connectivity index (χ2n) is 4.68. The maximum atomic E-state index is 11.9. The number of amides is 1. The highest BCUT2D eigenvalue weighted by Gasteiger charge is 2.09. The van der Waals surface area contributed by atoms with Gasteiger partial charge in [-0.2, -0.15) is 0 Å². The topological polar surface area (TPSA) is 81.2 Å². The Bertz CT molecular complexity index is 585. The summed E-state index contributed by atoms with van der Waals surface area (Å²) < 4.78 is 5.41. The Labute approximate surface area is 118 Å². The van der Waals surface area contributed by atoms with Crippen molar-refractivity contribution < 1.29 is 9.21 Å². The van der Waals surface area contributed by atoms with Crippen molar-refractivity contribution in [1.29, 1.82) is 0 Å². The van der Waals surface area contributed by atoms with Crippen LogP contribution in [0.2, 0.25) is 0 Å². The number of nitrogens with one attached hydrogen (secondary N) is 1. The fourth-order valence-electron chi connectivity index (χ4n) is 1.95. The van der Waals surface area contributed by atoms with Crippen LogP contribution in [-0.2, 0) is 24.3 Å². The van der Waals surface area contributed by atoms with E-state index in [1.165, 1.54) is 0 Å². The number of nitrogens with zero attached hydrogens (tertiary/aromatic N) is 1. The summed E-state index contributed by atoms with van der Waals surface area (Å²) in [7, 11) is 0. The van der Waals surface area contributed by atoms with Crippen LogP contribution < -0.4 is 11.1 Å². The maximum absolute atomic E-state index is 11.9. The Hall–Kier alpha value is -2.14. The average molecular weight is 273 g/mol. The van der Waals surface area contributed by atoms with Gasteiger partial charge < -0.3 is 15.5 Å². The molecule has 106 valence electrons. The molecule has 2 rings (SSSR count). The molecule has 0 aliphatic heterocycles. The molecule has 5 nitrogen and oxygen atoms in total. The van der Waals surface area contributed by atoms with E-state index in [0.29, 0.717) is 25.4 Å². The number of aryl methyl sites for hydroxylation is 2. The van der Waals surface area contributed by atoms with E-state index in [1.54, 1.807) is 0 Å². The maximum Gasteiger partial charge on any atom is 0.224 e. The molecule has 0 atom stereocenters. The fourth-order valence-corrected chi connectivity index (χ4v) is 1.95. The first kappa shape index (κ1) is 14.3. The summed E-state index contributed by atoms with van der Waals surface area (Å²) in [5, 5.41) is 2.80. The first-order valence-corrected chi connectivity index (χ1v) is 6.56. The van der Waals surface area contributed by atoms with Crippen molar-refractivity contribution in [2.75, 3.05) is 0 Å². The lowest BCUT2D eigenvalue weighted by atomic mass is 10.0. The van der Waals surface area contributed by atoms with Gasteiger partial charge >= 0.3 is 0 Å². The van der Waals surface area contributed by atoms with Crippen LogP contribution in [0, 0.1) is 13.8 Å². The molecule has 1 aromatic heterocycles. The van der Waals surface area contributed by atoms with Crippen molar-refractivity contribution in [3.05, 3.63) is 52.7 Å². The third-order valence-corrected chi connectivity index (χ3v) is 3.20. The lowest BCUT2D eigenvalue weighted by molar-refractivity contribution is -0.120. The summed E-state index contributed by atoms with van der Waals surface area (Å²) in [5.41, 5.74) is 8.45. The Morgan fingerprint density at radius 3 is 2.60 bits per heavy atom. The van der Waals surface area contributed by atoms with Crippen LogP contribution in [-0.4, -0.2) is 10.9 Å². The lowest BCUT2D eigenvalue weighted by Gasteiger charge is -2.07. The molecule has 5 heteroatoms. The molecule has 20 heavy (non-hydrogen) atoms. The van der Waals surface area contributed by atoms with Gasteiger partial charge in [0.2, 0.25) is 11.8 Å². The van der Waals surface area contributed by atoms with Gasteiger partial charge in [-0.1, -0.05) is 24.3 Å². The molecule has 0 saturated heterocycles. The molecular weight excluding hydrogens is 254 g/mol. The van der Waals surface area contributed by atoms with E-state index in [0.717, 1.165) is 22.6 Å². The van der Waals surface area contributed by atoms with Gasteiger partial charge in [0.05, 0.1) is 18.7 Å². The molecule has 0 aliphatic carbocycles. The molecule has 0 fully saturated rings. The normalized spacial score (nSPS) is 10.6. The zero-order chi connectivity index (χ0) is 14.5. The van der Waals surface area contributed by atoms with Crippen LogP contribution in [0.4, 0.5) is 0 Å². The first-order valence-electron chi connectivity index (χ1n) is 6.56. The monoisotopic (exact) mass is 273 g/mol. The first-order chi connectivity index (χ1) is 9.60. The number of hydrogen-bond donors (Lipinski definition) is 2. The summed E-state index contributed by atoms with van der Waals surface area (Å²) >= 11 is 0. The predicted octanol–water partition coefficient (Wildman–Crippen LogP) is 1.61. The van der Waals surface area contributed by atoms with Crippen molar-refractivity contribution in [2.45, 2.75) is 33.4 Å². The molecule has 0 aliphatic rings. The van der Waals surface area contributed by atoms with Gasteiger partial charge in [-0.05, 0) is 25.0 Å². The van der Waals surface area contributed by atoms with Gasteiger partial charge in [0, 0.05) is 6.54 Å². The molecule has 3 N–H and O–H groups in total. The van der Waals surface area contributed by atoms with Crippen LogP contribution in [0.25, 0.3) is 0 Å². The largest absolute Gasteiger partial charge is 0.444 e. The molecule has 0 radical (unpaired) electrons. The van der Waals surface area contributed by atoms with Gasteiger partial charge in [0.15, 0.2) is 0 Å². The van der Waals surface area contributed by atoms with Gasteiger partial charge in [-0.3, -0.25) is 4.79 Å². The van der Waals surface area contributed by atoms with Gasteiger partial charge in [-0.15, -0.1) is 0 Å². The zero-order valence-electron chi connectivity index (χ0n) is 11.8. The summed E-state index contributed by atoms with van der Waals surface area (Å²) in [5.74, 6) is 1.24. The number of benzene rings is 1. The van der Waals surface area contributed by atoms with Crippen LogP contribution in [0.1, 0.15) is 28.5 Å². The number of hydrogen-bond acceptors (Lipinski definition) is 4. The number of aromatic nitrogens is 1. The van der Waals surface area contributed by atoms with Crippen LogP contribution in [0.15, 0.2) is 28.7 Å². The number of oxazole rings is 1. The molecule has 0 spiro atoms. The molecule has 2 aromatic rings. The average Bonchev–Trinajstić information content (AvgIpc) is 2.76. The number of carbonyl (C=O) groups is 1. The minimum atomic E-state index is -0.0700. The van der Waals surface area contributed by atoms with Crippen molar-refractivity contribution >= 4 is 5.91 Å². The highest BCUT2D eigenvalue weighted by atomic mass is 16.4. The highest BCUT2D eigenvalue weighted by molar-refractivity contribution is 5.78. The van der Waals surface area contributed by atoms with Crippen LogP contribution in [0.3, 0.4) is 0 Å². The Balaban J connectivity index is 1.92. The second kappa shape index (κ2) is 6.34. The fraction of sp³-hybridized carbons (Fsp3) is 0.333. The Kier molecular flexibility index (Phi) is 4.53. The Morgan fingerprint density at radius 2 is 2.00 bits per heavy atom. The molecule has 1 aromatic carbocycles. The third-order valence-electron chi connectivity index (χ3n) is 3.20.